The molecule has 0 N–H and O–H groups in total. The predicted molar refractivity (Wildman–Crippen MR) is 95.3 cm³/mol. The van der Waals surface area contributed by atoms with Gasteiger partial charge in [-0.3, -0.25) is 0 Å². The second-order valence-electron chi connectivity index (χ2n) is 6.18. The minimum absolute atomic E-state index is 0.811. The Hall–Kier alpha value is -2.26. The molecule has 4 rings (SSSR count). The maximum absolute atomic E-state index is 5.53. The molecule has 0 radical (unpaired) electrons. The molecule has 1 aliphatic rings. The van der Waals surface area contributed by atoms with E-state index in [4.69, 9.17) is 4.74 Å². The van der Waals surface area contributed by atoms with Crippen molar-refractivity contribution in [2.24, 2.45) is 0 Å². The van der Waals surface area contributed by atoms with Crippen molar-refractivity contribution >= 4 is 16.7 Å². The molecule has 1 fully saturated rings. The van der Waals surface area contributed by atoms with Crippen LogP contribution < -0.4 is 4.90 Å². The van der Waals surface area contributed by atoms with Gasteiger partial charge in [-0.25, -0.2) is 0 Å². The number of ether oxygens (including phenoxy) is 1. The van der Waals surface area contributed by atoms with E-state index in [1.165, 1.54) is 27.8 Å². The van der Waals surface area contributed by atoms with Crippen LogP contribution in [0.2, 0.25) is 0 Å². The Balaban J connectivity index is 1.83. The minimum Gasteiger partial charge on any atom is -0.378 e. The van der Waals surface area contributed by atoms with Crippen LogP contribution in [0, 0.1) is 6.92 Å². The second-order valence-corrected chi connectivity index (χ2v) is 6.18. The fourth-order valence-corrected chi connectivity index (χ4v) is 3.41. The zero-order chi connectivity index (χ0) is 15.6. The molecule has 0 aliphatic carbocycles. The Morgan fingerprint density at radius 2 is 1.74 bits per heavy atom. The van der Waals surface area contributed by atoms with E-state index < -0.39 is 0 Å². The van der Waals surface area contributed by atoms with Crippen molar-refractivity contribution in [3.05, 3.63) is 65.7 Å². The summed E-state index contributed by atoms with van der Waals surface area (Å²) in [6, 6.07) is 19.6. The second kappa shape index (κ2) is 6.09. The third-order valence-corrected chi connectivity index (χ3v) is 4.66. The standard InChI is InChI=1S/C20H22N2O/c1-16-6-5-9-19-18(16)14-20(21-10-12-23-13-11-21)22(19)15-17-7-3-2-4-8-17/h2-9,14H,10-13,15H2,1H3. The van der Waals surface area contributed by atoms with Gasteiger partial charge in [-0.1, -0.05) is 42.5 Å². The lowest BCUT2D eigenvalue weighted by atomic mass is 10.1. The van der Waals surface area contributed by atoms with E-state index in [0.29, 0.717) is 0 Å². The quantitative estimate of drug-likeness (QED) is 0.731. The highest BCUT2D eigenvalue weighted by Crippen LogP contribution is 2.30. The highest BCUT2D eigenvalue weighted by Gasteiger charge is 2.18. The molecule has 1 saturated heterocycles. The van der Waals surface area contributed by atoms with Gasteiger partial charge in [0.25, 0.3) is 0 Å². The van der Waals surface area contributed by atoms with Crippen molar-refractivity contribution in [3.8, 4) is 0 Å². The molecular formula is C20H22N2O. The number of aryl methyl sites for hydroxylation is 1. The molecule has 0 bridgehead atoms. The Labute approximate surface area is 137 Å². The molecule has 3 heteroatoms. The smallest absolute Gasteiger partial charge is 0.110 e. The Morgan fingerprint density at radius 1 is 0.957 bits per heavy atom. The van der Waals surface area contributed by atoms with Crippen molar-refractivity contribution in [1.82, 2.24) is 4.57 Å². The third-order valence-electron chi connectivity index (χ3n) is 4.66. The Bertz CT molecular complexity index is 801. The van der Waals surface area contributed by atoms with Crippen LogP contribution in [-0.2, 0) is 11.3 Å². The number of fused-ring (bicyclic) bond motifs is 1. The number of anilines is 1. The molecule has 0 atom stereocenters. The summed E-state index contributed by atoms with van der Waals surface area (Å²) in [6.45, 7) is 6.64. The fourth-order valence-electron chi connectivity index (χ4n) is 3.41. The van der Waals surface area contributed by atoms with Gasteiger partial charge < -0.3 is 14.2 Å². The Morgan fingerprint density at radius 3 is 2.52 bits per heavy atom. The lowest BCUT2D eigenvalue weighted by Gasteiger charge is -2.29. The fraction of sp³-hybridized carbons (Fsp3) is 0.300. The van der Waals surface area contributed by atoms with Crippen LogP contribution in [0.4, 0.5) is 5.82 Å². The average Bonchev–Trinajstić information content (AvgIpc) is 2.97. The first kappa shape index (κ1) is 14.3. The van der Waals surface area contributed by atoms with E-state index >= 15 is 0 Å². The number of morpholine rings is 1. The van der Waals surface area contributed by atoms with Gasteiger partial charge in [-0.05, 0) is 30.2 Å². The summed E-state index contributed by atoms with van der Waals surface area (Å²) in [5.74, 6) is 1.31. The van der Waals surface area contributed by atoms with Gasteiger partial charge in [0.05, 0.1) is 18.7 Å². The molecule has 0 spiro atoms. The van der Waals surface area contributed by atoms with E-state index in [1.807, 2.05) is 0 Å². The lowest BCUT2D eigenvalue weighted by Crippen LogP contribution is -2.37. The number of rotatable bonds is 3. The summed E-state index contributed by atoms with van der Waals surface area (Å²) < 4.78 is 7.97. The summed E-state index contributed by atoms with van der Waals surface area (Å²) in [4.78, 5) is 2.45. The van der Waals surface area contributed by atoms with Crippen LogP contribution in [0.5, 0.6) is 0 Å². The molecule has 0 saturated carbocycles. The average molecular weight is 306 g/mol. The zero-order valence-corrected chi connectivity index (χ0v) is 13.5. The van der Waals surface area contributed by atoms with Crippen molar-refractivity contribution in [1.29, 1.82) is 0 Å². The molecule has 2 aromatic carbocycles. The first-order chi connectivity index (χ1) is 11.3. The molecular weight excluding hydrogens is 284 g/mol. The van der Waals surface area contributed by atoms with Crippen LogP contribution in [-0.4, -0.2) is 30.9 Å². The van der Waals surface area contributed by atoms with Crippen molar-refractivity contribution < 1.29 is 4.74 Å². The predicted octanol–water partition coefficient (Wildman–Crippen LogP) is 3.83. The molecule has 23 heavy (non-hydrogen) atoms. The third kappa shape index (κ3) is 2.73. The first-order valence-electron chi connectivity index (χ1n) is 8.28. The molecule has 2 heterocycles. The highest BCUT2D eigenvalue weighted by atomic mass is 16.5. The van der Waals surface area contributed by atoms with Crippen molar-refractivity contribution in [2.75, 3.05) is 31.2 Å². The molecule has 0 amide bonds. The maximum Gasteiger partial charge on any atom is 0.110 e. The monoisotopic (exact) mass is 306 g/mol. The van der Waals surface area contributed by atoms with Gasteiger partial charge in [-0.15, -0.1) is 0 Å². The molecule has 1 aromatic heterocycles. The largest absolute Gasteiger partial charge is 0.378 e. The Kier molecular flexibility index (Phi) is 3.80. The highest BCUT2D eigenvalue weighted by molar-refractivity contribution is 5.88. The van der Waals surface area contributed by atoms with E-state index in [1.54, 1.807) is 0 Å². The van der Waals surface area contributed by atoms with Crippen molar-refractivity contribution in [3.63, 3.8) is 0 Å². The lowest BCUT2D eigenvalue weighted by molar-refractivity contribution is 0.122. The molecule has 3 nitrogen and oxygen atoms in total. The van der Waals surface area contributed by atoms with E-state index in [-0.39, 0.29) is 0 Å². The summed E-state index contributed by atoms with van der Waals surface area (Å²) in [5, 5.41) is 1.35. The van der Waals surface area contributed by atoms with E-state index in [2.05, 4.69) is 71.0 Å². The van der Waals surface area contributed by atoms with Crippen molar-refractivity contribution in [2.45, 2.75) is 13.5 Å². The maximum atomic E-state index is 5.53. The van der Waals surface area contributed by atoms with Crippen LogP contribution in [0.3, 0.4) is 0 Å². The first-order valence-corrected chi connectivity index (χ1v) is 8.28. The van der Waals surface area contributed by atoms with Gasteiger partial charge in [0.1, 0.15) is 5.82 Å². The number of aromatic nitrogens is 1. The van der Waals surface area contributed by atoms with Crippen LogP contribution >= 0.6 is 0 Å². The van der Waals surface area contributed by atoms with Gasteiger partial charge in [0, 0.05) is 25.0 Å². The zero-order valence-electron chi connectivity index (χ0n) is 13.5. The van der Waals surface area contributed by atoms with Gasteiger partial charge in [0.15, 0.2) is 0 Å². The van der Waals surface area contributed by atoms with Crippen LogP contribution in [0.1, 0.15) is 11.1 Å². The summed E-state index contributed by atoms with van der Waals surface area (Å²) in [5.41, 5.74) is 3.99. The number of hydrogen-bond acceptors (Lipinski definition) is 2. The number of benzene rings is 2. The molecule has 0 unspecified atom stereocenters. The van der Waals surface area contributed by atoms with Crippen LogP contribution in [0.15, 0.2) is 54.6 Å². The molecule has 118 valence electrons. The normalized spacial score (nSPS) is 15.3. The van der Waals surface area contributed by atoms with Gasteiger partial charge >= 0.3 is 0 Å². The number of nitrogens with zero attached hydrogens (tertiary/aromatic N) is 2. The molecule has 3 aromatic rings. The topological polar surface area (TPSA) is 17.4 Å². The summed E-state index contributed by atoms with van der Waals surface area (Å²) in [7, 11) is 0. The number of hydrogen-bond donors (Lipinski definition) is 0. The van der Waals surface area contributed by atoms with Gasteiger partial charge in [0.2, 0.25) is 0 Å². The molecule has 1 aliphatic heterocycles. The SMILES string of the molecule is Cc1cccc2c1cc(N1CCOCC1)n2Cc1ccccc1. The van der Waals surface area contributed by atoms with E-state index in [9.17, 15) is 0 Å². The summed E-state index contributed by atoms with van der Waals surface area (Å²) in [6.07, 6.45) is 0. The minimum atomic E-state index is 0.811. The van der Waals surface area contributed by atoms with Gasteiger partial charge in [-0.2, -0.15) is 0 Å². The summed E-state index contributed by atoms with van der Waals surface area (Å²) >= 11 is 0. The van der Waals surface area contributed by atoms with E-state index in [0.717, 1.165) is 32.8 Å². The van der Waals surface area contributed by atoms with Crippen LogP contribution in [0.25, 0.3) is 10.9 Å².